The van der Waals surface area contributed by atoms with Crippen LogP contribution in [-0.4, -0.2) is 72.6 Å². The second-order valence-corrected chi connectivity index (χ2v) is 8.80. The first kappa shape index (κ1) is 25.6. The van der Waals surface area contributed by atoms with Gasteiger partial charge in [-0.15, -0.1) is 0 Å². The Morgan fingerprint density at radius 3 is 2.53 bits per heavy atom. The van der Waals surface area contributed by atoms with Gasteiger partial charge in [-0.1, -0.05) is 32.9 Å². The maximum absolute atomic E-state index is 13.3. The molecular weight excluding hydrogens is 460 g/mol. The van der Waals surface area contributed by atoms with E-state index in [0.29, 0.717) is 61.3 Å². The van der Waals surface area contributed by atoms with Gasteiger partial charge in [-0.2, -0.15) is 0 Å². The van der Waals surface area contributed by atoms with Crippen LogP contribution in [0.1, 0.15) is 44.4 Å². The molecule has 0 spiro atoms. The second-order valence-electron chi connectivity index (χ2n) is 8.80. The average molecular weight is 495 g/mol. The number of carbonyl (C=O) groups excluding carboxylic acids is 2. The van der Waals surface area contributed by atoms with Gasteiger partial charge in [0.1, 0.15) is 24.7 Å². The summed E-state index contributed by atoms with van der Waals surface area (Å²) >= 11 is 0. The average Bonchev–Trinajstić information content (AvgIpc) is 3.17. The minimum Gasteiger partial charge on any atom is -0.507 e. The van der Waals surface area contributed by atoms with Gasteiger partial charge in [0, 0.05) is 18.7 Å². The molecule has 2 aromatic rings. The molecule has 1 fully saturated rings. The SMILES string of the molecule is CCCOc1cccc([C@@H]2C(=C(O)c3ccc4c(c3)OCCO4)C(=O)C(=O)N2CCN(CC)CC)c1. The molecule has 0 aromatic heterocycles. The number of aliphatic hydroxyl groups excluding tert-OH is 1. The fourth-order valence-electron chi connectivity index (χ4n) is 4.59. The molecule has 36 heavy (non-hydrogen) atoms. The predicted molar refractivity (Wildman–Crippen MR) is 136 cm³/mol. The van der Waals surface area contributed by atoms with Gasteiger partial charge < -0.3 is 29.1 Å². The van der Waals surface area contributed by atoms with Crippen LogP contribution in [0.15, 0.2) is 48.0 Å². The number of likely N-dealkylation sites (N-methyl/N-ethyl adjacent to an activating group) is 1. The third-order valence-electron chi connectivity index (χ3n) is 6.55. The van der Waals surface area contributed by atoms with Crippen LogP contribution in [0.2, 0.25) is 0 Å². The molecule has 2 heterocycles. The van der Waals surface area contributed by atoms with Gasteiger partial charge in [-0.05, 0) is 55.4 Å². The molecular formula is C28H34N2O6. The summed E-state index contributed by atoms with van der Waals surface area (Å²) in [6.07, 6.45) is 0.858. The lowest BCUT2D eigenvalue weighted by molar-refractivity contribution is -0.140. The molecule has 2 aliphatic rings. The van der Waals surface area contributed by atoms with Crippen molar-refractivity contribution >= 4 is 17.4 Å². The number of ether oxygens (including phenoxy) is 3. The second kappa shape index (κ2) is 11.5. The summed E-state index contributed by atoms with van der Waals surface area (Å²) in [6.45, 7) is 10.2. The summed E-state index contributed by atoms with van der Waals surface area (Å²) in [4.78, 5) is 30.3. The van der Waals surface area contributed by atoms with Crippen molar-refractivity contribution in [2.45, 2.75) is 33.2 Å². The van der Waals surface area contributed by atoms with Gasteiger partial charge in [-0.25, -0.2) is 0 Å². The molecule has 1 N–H and O–H groups in total. The van der Waals surface area contributed by atoms with E-state index in [9.17, 15) is 14.7 Å². The number of hydrogen-bond acceptors (Lipinski definition) is 7. The predicted octanol–water partition coefficient (Wildman–Crippen LogP) is 4.01. The van der Waals surface area contributed by atoms with Crippen LogP contribution in [0.25, 0.3) is 5.76 Å². The molecule has 1 saturated heterocycles. The van der Waals surface area contributed by atoms with Gasteiger partial charge in [0.05, 0.1) is 18.2 Å². The number of hydrogen-bond donors (Lipinski definition) is 1. The highest BCUT2D eigenvalue weighted by atomic mass is 16.6. The summed E-state index contributed by atoms with van der Waals surface area (Å²) in [6, 6.07) is 11.7. The molecule has 1 atom stereocenters. The monoisotopic (exact) mass is 494 g/mol. The molecule has 8 nitrogen and oxygen atoms in total. The van der Waals surface area contributed by atoms with Crippen LogP contribution < -0.4 is 14.2 Å². The minimum atomic E-state index is -0.737. The lowest BCUT2D eigenvalue weighted by atomic mass is 9.95. The Balaban J connectivity index is 1.78. The van der Waals surface area contributed by atoms with E-state index in [1.807, 2.05) is 31.2 Å². The maximum atomic E-state index is 13.3. The Morgan fingerprint density at radius 2 is 1.81 bits per heavy atom. The highest BCUT2D eigenvalue weighted by Gasteiger charge is 2.46. The van der Waals surface area contributed by atoms with Gasteiger partial charge in [0.25, 0.3) is 11.7 Å². The summed E-state index contributed by atoms with van der Waals surface area (Å²) in [5, 5.41) is 11.4. The first-order valence-electron chi connectivity index (χ1n) is 12.6. The maximum Gasteiger partial charge on any atom is 0.295 e. The Hall–Kier alpha value is -3.52. The zero-order valence-electron chi connectivity index (χ0n) is 21.2. The van der Waals surface area contributed by atoms with Gasteiger partial charge in [0.15, 0.2) is 11.5 Å². The van der Waals surface area contributed by atoms with Crippen LogP contribution in [0.5, 0.6) is 17.2 Å². The molecule has 0 unspecified atom stereocenters. The van der Waals surface area contributed by atoms with Crippen molar-refractivity contribution in [2.75, 3.05) is 46.0 Å². The number of rotatable bonds is 10. The van der Waals surface area contributed by atoms with Crippen LogP contribution >= 0.6 is 0 Å². The van der Waals surface area contributed by atoms with Crippen molar-refractivity contribution in [3.63, 3.8) is 0 Å². The Kier molecular flexibility index (Phi) is 8.15. The van der Waals surface area contributed by atoms with Crippen molar-refractivity contribution in [1.82, 2.24) is 9.80 Å². The number of ketones is 1. The molecule has 2 aromatic carbocycles. The summed E-state index contributed by atoms with van der Waals surface area (Å²) in [5.41, 5.74) is 1.16. The van der Waals surface area contributed by atoms with E-state index in [1.165, 1.54) is 0 Å². The Morgan fingerprint density at radius 1 is 1.06 bits per heavy atom. The fraction of sp³-hybridized carbons (Fsp3) is 0.429. The highest BCUT2D eigenvalue weighted by molar-refractivity contribution is 6.46. The number of aliphatic hydroxyl groups is 1. The molecule has 0 radical (unpaired) electrons. The number of likely N-dealkylation sites (tertiary alicyclic amines) is 1. The van der Waals surface area contributed by atoms with E-state index in [-0.39, 0.29) is 11.3 Å². The van der Waals surface area contributed by atoms with Gasteiger partial charge in [-0.3, -0.25) is 9.59 Å². The molecule has 192 valence electrons. The number of Topliss-reactive ketones (excluding diaryl/α,β-unsaturated/α-hetero) is 1. The van der Waals surface area contributed by atoms with E-state index in [2.05, 4.69) is 18.7 Å². The summed E-state index contributed by atoms with van der Waals surface area (Å²) in [7, 11) is 0. The van der Waals surface area contributed by atoms with Gasteiger partial charge >= 0.3 is 0 Å². The Labute approximate surface area is 212 Å². The first-order chi connectivity index (χ1) is 17.5. The van der Waals surface area contributed by atoms with Crippen LogP contribution in [0.3, 0.4) is 0 Å². The lowest BCUT2D eigenvalue weighted by Gasteiger charge is -2.28. The minimum absolute atomic E-state index is 0.0591. The van der Waals surface area contributed by atoms with Crippen LogP contribution in [0.4, 0.5) is 0 Å². The van der Waals surface area contributed by atoms with Gasteiger partial charge in [0.2, 0.25) is 0 Å². The largest absolute Gasteiger partial charge is 0.507 e. The zero-order chi connectivity index (χ0) is 25.7. The smallest absolute Gasteiger partial charge is 0.295 e. The van der Waals surface area contributed by atoms with Crippen molar-refractivity contribution in [1.29, 1.82) is 0 Å². The topological polar surface area (TPSA) is 88.5 Å². The lowest BCUT2D eigenvalue weighted by Crippen LogP contribution is -2.38. The van der Waals surface area contributed by atoms with E-state index in [1.54, 1.807) is 23.1 Å². The fourth-order valence-corrected chi connectivity index (χ4v) is 4.59. The number of carbonyl (C=O) groups is 2. The standard InChI is InChI=1S/C28H34N2O6/c1-4-14-34-21-9-7-8-19(17-21)25-24(27(32)28(33)30(25)13-12-29(5-2)6-3)26(31)20-10-11-22-23(18-20)36-16-15-35-22/h7-11,17-18,25,31H,4-6,12-16H2,1-3H3/t25-/m1/s1. The number of benzene rings is 2. The molecule has 4 rings (SSSR count). The van der Waals surface area contributed by atoms with Crippen LogP contribution in [-0.2, 0) is 9.59 Å². The first-order valence-corrected chi connectivity index (χ1v) is 12.6. The van der Waals surface area contributed by atoms with Crippen molar-refractivity contribution in [3.8, 4) is 17.2 Å². The van der Waals surface area contributed by atoms with E-state index in [4.69, 9.17) is 14.2 Å². The zero-order valence-corrected chi connectivity index (χ0v) is 21.2. The normalized spacial score (nSPS) is 18.7. The van der Waals surface area contributed by atoms with Crippen molar-refractivity contribution in [3.05, 3.63) is 59.2 Å². The molecule has 0 bridgehead atoms. The summed E-state index contributed by atoms with van der Waals surface area (Å²) < 4.78 is 17.1. The van der Waals surface area contributed by atoms with E-state index in [0.717, 1.165) is 19.5 Å². The highest BCUT2D eigenvalue weighted by Crippen LogP contribution is 2.41. The molecule has 8 heteroatoms. The van der Waals surface area contributed by atoms with E-state index >= 15 is 0 Å². The quantitative estimate of drug-likeness (QED) is 0.303. The number of fused-ring (bicyclic) bond motifs is 1. The molecule has 1 amide bonds. The number of amides is 1. The van der Waals surface area contributed by atoms with Crippen molar-refractivity contribution < 1.29 is 28.9 Å². The Bertz CT molecular complexity index is 1140. The number of nitrogens with zero attached hydrogens (tertiary/aromatic N) is 2. The third-order valence-corrected chi connectivity index (χ3v) is 6.55. The van der Waals surface area contributed by atoms with E-state index < -0.39 is 17.7 Å². The molecule has 2 aliphatic heterocycles. The summed E-state index contributed by atoms with van der Waals surface area (Å²) in [5.74, 6) is 0.170. The molecule has 0 aliphatic carbocycles. The van der Waals surface area contributed by atoms with Crippen LogP contribution in [0, 0.1) is 0 Å². The van der Waals surface area contributed by atoms with Crippen molar-refractivity contribution in [2.24, 2.45) is 0 Å². The molecule has 0 saturated carbocycles. The third kappa shape index (κ3) is 5.18.